The molecule has 1 N–H and O–H groups in total. The highest BCUT2D eigenvalue weighted by Crippen LogP contribution is 2.20. The van der Waals surface area contributed by atoms with Gasteiger partial charge in [0.25, 0.3) is 0 Å². The van der Waals surface area contributed by atoms with Gasteiger partial charge < -0.3 is 14.4 Å². The van der Waals surface area contributed by atoms with E-state index in [1.807, 2.05) is 0 Å². The molecule has 17 heavy (non-hydrogen) atoms. The number of aromatic nitrogens is 1. The highest BCUT2D eigenvalue weighted by atomic mass is 16.5. The molecule has 0 spiro atoms. The second-order valence-electron chi connectivity index (χ2n) is 5.40. The molecule has 1 heterocycles. The van der Waals surface area contributed by atoms with Gasteiger partial charge in [0.15, 0.2) is 0 Å². The third-order valence-electron chi connectivity index (χ3n) is 2.99. The first kappa shape index (κ1) is 14.0. The average Bonchev–Trinajstić information content (AvgIpc) is 2.52. The Morgan fingerprint density at radius 1 is 1.41 bits per heavy atom. The van der Waals surface area contributed by atoms with Crippen molar-refractivity contribution in [3.05, 3.63) is 22.3 Å². The van der Waals surface area contributed by atoms with E-state index in [9.17, 15) is 5.11 Å². The predicted octanol–water partition coefficient (Wildman–Crippen LogP) is 0.613. The molecule has 1 atom stereocenters. The predicted molar refractivity (Wildman–Crippen MR) is 71.3 cm³/mol. The summed E-state index contributed by atoms with van der Waals surface area (Å²) in [4.78, 5) is 0. The van der Waals surface area contributed by atoms with Crippen molar-refractivity contribution in [3.63, 3.8) is 0 Å². The fraction of sp³-hybridized carbons (Fsp3) is 0.571. The van der Waals surface area contributed by atoms with Crippen LogP contribution in [0.4, 0.5) is 0 Å². The Morgan fingerprint density at radius 3 is 2.41 bits per heavy atom. The summed E-state index contributed by atoms with van der Waals surface area (Å²) in [5, 5.41) is 11.0. The number of hydrogen-bond donors (Lipinski definition) is 1. The number of rotatable bonds is 4. The van der Waals surface area contributed by atoms with Gasteiger partial charge in [0.05, 0.1) is 19.3 Å². The van der Waals surface area contributed by atoms with E-state index < -0.39 is 0 Å². The van der Waals surface area contributed by atoms with E-state index in [-0.39, 0.29) is 18.1 Å². The monoisotopic (exact) mass is 237 g/mol. The fourth-order valence-electron chi connectivity index (χ4n) is 1.89. The second kappa shape index (κ2) is 5.07. The van der Waals surface area contributed by atoms with Gasteiger partial charge in [-0.05, 0) is 11.3 Å². The van der Waals surface area contributed by atoms with E-state index in [0.29, 0.717) is 6.54 Å². The maximum atomic E-state index is 9.20. The van der Waals surface area contributed by atoms with Crippen LogP contribution in [0.2, 0.25) is 0 Å². The van der Waals surface area contributed by atoms with Crippen molar-refractivity contribution >= 4 is 13.2 Å². The summed E-state index contributed by atoms with van der Waals surface area (Å²) in [7, 11) is 1.61. The van der Waals surface area contributed by atoms with Crippen LogP contribution in [0.1, 0.15) is 26.5 Å². The SMILES string of the molecule is C=c1cc(C(C)(C)C)n(CC(CO)OC)c1=C. The summed E-state index contributed by atoms with van der Waals surface area (Å²) in [6.07, 6.45) is -0.205. The zero-order valence-corrected chi connectivity index (χ0v) is 11.3. The summed E-state index contributed by atoms with van der Waals surface area (Å²) in [5.74, 6) is 0. The Hall–Kier alpha value is -1.06. The van der Waals surface area contributed by atoms with Gasteiger partial charge >= 0.3 is 0 Å². The number of methoxy groups -OCH3 is 1. The molecule has 0 aliphatic rings. The molecule has 1 unspecified atom stereocenters. The Morgan fingerprint density at radius 2 is 2.00 bits per heavy atom. The minimum absolute atomic E-state index is 0.00415. The van der Waals surface area contributed by atoms with Gasteiger partial charge in [0.2, 0.25) is 0 Å². The molecule has 0 amide bonds. The fourth-order valence-corrected chi connectivity index (χ4v) is 1.89. The van der Waals surface area contributed by atoms with Crippen molar-refractivity contribution in [1.82, 2.24) is 4.57 Å². The first-order valence-electron chi connectivity index (χ1n) is 5.82. The number of aliphatic hydroxyl groups excluding tert-OH is 1. The van der Waals surface area contributed by atoms with Crippen LogP contribution < -0.4 is 10.6 Å². The summed E-state index contributed by atoms with van der Waals surface area (Å²) >= 11 is 0. The minimum atomic E-state index is -0.205. The van der Waals surface area contributed by atoms with Crippen molar-refractivity contribution in [1.29, 1.82) is 0 Å². The molecule has 0 aliphatic heterocycles. The third-order valence-corrected chi connectivity index (χ3v) is 2.99. The highest BCUT2D eigenvalue weighted by molar-refractivity contribution is 5.23. The van der Waals surface area contributed by atoms with E-state index in [4.69, 9.17) is 4.74 Å². The van der Waals surface area contributed by atoms with Crippen LogP contribution in [0.3, 0.4) is 0 Å². The molecule has 1 aromatic rings. The van der Waals surface area contributed by atoms with Gasteiger partial charge in [-0.1, -0.05) is 33.9 Å². The molecule has 0 saturated carbocycles. The van der Waals surface area contributed by atoms with E-state index >= 15 is 0 Å². The molecular weight excluding hydrogens is 214 g/mol. The van der Waals surface area contributed by atoms with Gasteiger partial charge in [0, 0.05) is 23.6 Å². The maximum Gasteiger partial charge on any atom is 0.0980 e. The van der Waals surface area contributed by atoms with Crippen LogP contribution >= 0.6 is 0 Å². The Kier molecular flexibility index (Phi) is 4.17. The van der Waals surface area contributed by atoms with Crippen LogP contribution in [0.25, 0.3) is 13.2 Å². The average molecular weight is 237 g/mol. The van der Waals surface area contributed by atoms with Gasteiger partial charge in [-0.15, -0.1) is 0 Å². The van der Waals surface area contributed by atoms with E-state index in [2.05, 4.69) is 44.6 Å². The molecule has 0 bridgehead atoms. The largest absolute Gasteiger partial charge is 0.394 e. The van der Waals surface area contributed by atoms with Crippen LogP contribution in [0.5, 0.6) is 0 Å². The second-order valence-corrected chi connectivity index (χ2v) is 5.40. The smallest absolute Gasteiger partial charge is 0.0980 e. The van der Waals surface area contributed by atoms with Crippen molar-refractivity contribution in [2.24, 2.45) is 0 Å². The molecule has 0 radical (unpaired) electrons. The normalized spacial score (nSPS) is 13.9. The van der Waals surface area contributed by atoms with Gasteiger partial charge in [-0.3, -0.25) is 0 Å². The summed E-state index contributed by atoms with van der Waals surface area (Å²) in [5.41, 5.74) is 1.19. The molecule has 96 valence electrons. The number of hydrogen-bond acceptors (Lipinski definition) is 2. The molecule has 1 rings (SSSR count). The summed E-state index contributed by atoms with van der Waals surface area (Å²) in [6, 6.07) is 2.06. The minimum Gasteiger partial charge on any atom is -0.394 e. The standard InChI is InChI=1S/C14H23NO2/c1-10-7-13(14(3,4)5)15(11(10)2)8-12(9-16)17-6/h7,12,16H,1-2,8-9H2,3-6H3. The van der Waals surface area contributed by atoms with Crippen molar-refractivity contribution in [2.75, 3.05) is 13.7 Å². The first-order valence-corrected chi connectivity index (χ1v) is 5.82. The first-order chi connectivity index (χ1) is 7.81. The Labute approximate surface area is 103 Å². The molecule has 1 aromatic heterocycles. The van der Waals surface area contributed by atoms with Crippen molar-refractivity contribution in [2.45, 2.75) is 38.8 Å². The van der Waals surface area contributed by atoms with Crippen LogP contribution in [0.15, 0.2) is 6.07 Å². The van der Waals surface area contributed by atoms with Crippen LogP contribution in [0, 0.1) is 0 Å². The molecular formula is C14H23NO2. The van der Waals surface area contributed by atoms with Gasteiger partial charge in [-0.2, -0.15) is 0 Å². The highest BCUT2D eigenvalue weighted by Gasteiger charge is 2.20. The van der Waals surface area contributed by atoms with Crippen LogP contribution in [-0.2, 0) is 16.7 Å². The lowest BCUT2D eigenvalue weighted by Gasteiger charge is -2.24. The van der Waals surface area contributed by atoms with Gasteiger partial charge in [0.1, 0.15) is 0 Å². The Balaban J connectivity index is 3.22. The topological polar surface area (TPSA) is 34.4 Å². The van der Waals surface area contributed by atoms with E-state index in [1.165, 1.54) is 5.69 Å². The molecule has 3 nitrogen and oxygen atoms in total. The summed E-state index contributed by atoms with van der Waals surface area (Å²) in [6.45, 7) is 15.1. The molecule has 0 aromatic carbocycles. The number of nitrogens with zero attached hydrogens (tertiary/aromatic N) is 1. The van der Waals surface area contributed by atoms with Crippen molar-refractivity contribution in [3.8, 4) is 0 Å². The number of ether oxygens (including phenoxy) is 1. The molecule has 0 fully saturated rings. The lowest BCUT2D eigenvalue weighted by molar-refractivity contribution is 0.0359. The lowest BCUT2D eigenvalue weighted by atomic mass is 9.92. The lowest BCUT2D eigenvalue weighted by Crippen LogP contribution is -2.34. The third kappa shape index (κ3) is 2.99. The maximum absolute atomic E-state index is 9.20. The van der Waals surface area contributed by atoms with Crippen LogP contribution in [-0.4, -0.2) is 29.5 Å². The molecule has 3 heteroatoms. The van der Waals surface area contributed by atoms with E-state index in [0.717, 1.165) is 10.6 Å². The van der Waals surface area contributed by atoms with Crippen molar-refractivity contribution < 1.29 is 9.84 Å². The van der Waals surface area contributed by atoms with Gasteiger partial charge in [-0.25, -0.2) is 0 Å². The zero-order valence-electron chi connectivity index (χ0n) is 11.3. The molecule has 0 saturated heterocycles. The van der Waals surface area contributed by atoms with E-state index in [1.54, 1.807) is 7.11 Å². The summed E-state index contributed by atoms with van der Waals surface area (Å²) < 4.78 is 7.31. The zero-order chi connectivity index (χ0) is 13.2. The number of aliphatic hydroxyl groups is 1. The Bertz CT molecular complexity index is 464. The molecule has 0 aliphatic carbocycles. The quantitative estimate of drug-likeness (QED) is 0.833.